The molecule has 0 saturated heterocycles. The lowest BCUT2D eigenvalue weighted by atomic mass is 10.1. The van der Waals surface area contributed by atoms with Crippen molar-refractivity contribution in [2.45, 2.75) is 25.9 Å². The molecule has 0 aliphatic carbocycles. The van der Waals surface area contributed by atoms with Crippen molar-refractivity contribution in [2.24, 2.45) is 0 Å². The van der Waals surface area contributed by atoms with Crippen LogP contribution in [0.15, 0.2) is 18.2 Å². The Balaban J connectivity index is 3.41. The lowest BCUT2D eigenvalue weighted by molar-refractivity contribution is -0.140. The molecule has 0 saturated carbocycles. The molecule has 21 heavy (non-hydrogen) atoms. The molecule has 2 unspecified atom stereocenters. The number of carbonyl (C=O) groups excluding carboxylic acids is 1. The van der Waals surface area contributed by atoms with Crippen LogP contribution in [0.5, 0.6) is 5.75 Å². The quantitative estimate of drug-likeness (QED) is 0.730. The molecule has 0 aliphatic rings. The number of aliphatic carboxylic acids is 2. The predicted molar refractivity (Wildman–Crippen MR) is 75.1 cm³/mol. The van der Waals surface area contributed by atoms with Crippen LogP contribution in [0.2, 0.25) is 0 Å². The summed E-state index contributed by atoms with van der Waals surface area (Å²) in [5, 5.41) is 18.4. The van der Waals surface area contributed by atoms with Gasteiger partial charge in [0, 0.05) is 5.56 Å². The van der Waals surface area contributed by atoms with Crippen molar-refractivity contribution in [3.05, 3.63) is 23.8 Å². The van der Waals surface area contributed by atoms with Crippen molar-refractivity contribution in [2.75, 3.05) is 12.0 Å². The van der Waals surface area contributed by atoms with Gasteiger partial charge in [0.05, 0.1) is 12.8 Å². The Labute approximate surface area is 121 Å². The fourth-order valence-electron chi connectivity index (χ4n) is 1.97. The second kappa shape index (κ2) is 6.74. The smallest absolute Gasteiger partial charge is 0.326 e. The van der Waals surface area contributed by atoms with Gasteiger partial charge in [-0.15, -0.1) is 0 Å². The molecule has 0 aromatic heterocycles. The molecule has 2 N–H and O–H groups in total. The van der Waals surface area contributed by atoms with Crippen LogP contribution in [0.25, 0.3) is 0 Å². The summed E-state index contributed by atoms with van der Waals surface area (Å²) in [4.78, 5) is 34.5. The molecular formula is C14H17NO6. The Kier molecular flexibility index (Phi) is 5.29. The summed E-state index contributed by atoms with van der Waals surface area (Å²) >= 11 is 0. The first-order valence-electron chi connectivity index (χ1n) is 6.20. The van der Waals surface area contributed by atoms with E-state index in [-0.39, 0.29) is 5.75 Å². The Hall–Kier alpha value is -2.57. The molecule has 2 atom stereocenters. The van der Waals surface area contributed by atoms with Gasteiger partial charge in [-0.3, -0.25) is 4.79 Å². The zero-order valence-corrected chi connectivity index (χ0v) is 11.9. The van der Waals surface area contributed by atoms with Crippen molar-refractivity contribution >= 4 is 23.9 Å². The molecule has 1 rings (SSSR count). The summed E-state index contributed by atoms with van der Waals surface area (Å²) in [5.41, 5.74) is 0.648. The molecule has 0 bridgehead atoms. The van der Waals surface area contributed by atoms with Gasteiger partial charge in [0.1, 0.15) is 24.1 Å². The molecule has 1 aromatic carbocycles. The maximum atomic E-state index is 11.2. The Morgan fingerprint density at radius 3 is 2.10 bits per heavy atom. The fraction of sp³-hybridized carbons (Fsp3) is 0.357. The number of nitrogens with zero attached hydrogens (tertiary/aromatic N) is 1. The van der Waals surface area contributed by atoms with Crippen molar-refractivity contribution in [3.8, 4) is 5.75 Å². The second-order valence-corrected chi connectivity index (χ2v) is 4.48. The predicted octanol–water partition coefficient (Wildman–Crippen LogP) is 1.26. The third-order valence-corrected chi connectivity index (χ3v) is 3.17. The lowest BCUT2D eigenvalue weighted by Crippen LogP contribution is -2.48. The zero-order chi connectivity index (χ0) is 16.2. The van der Waals surface area contributed by atoms with Gasteiger partial charge in [0.15, 0.2) is 0 Å². The van der Waals surface area contributed by atoms with E-state index >= 15 is 0 Å². The van der Waals surface area contributed by atoms with Crippen LogP contribution in [-0.4, -0.2) is 47.6 Å². The number of carbonyl (C=O) groups is 3. The number of carboxylic acids is 2. The summed E-state index contributed by atoms with van der Waals surface area (Å²) in [6.45, 7) is 2.77. The number of benzene rings is 1. The molecule has 0 amide bonds. The standard InChI is InChI=1S/C14H17NO6/c1-8(13(17)18)15(9(2)14(19)20)11-5-4-10(7-16)6-12(11)21-3/h4-9H,1-3H3,(H,17,18)(H,19,20). The monoisotopic (exact) mass is 295 g/mol. The van der Waals surface area contributed by atoms with E-state index in [0.29, 0.717) is 17.5 Å². The Morgan fingerprint density at radius 1 is 1.19 bits per heavy atom. The number of rotatable bonds is 7. The van der Waals surface area contributed by atoms with Gasteiger partial charge in [0.25, 0.3) is 0 Å². The minimum absolute atomic E-state index is 0.237. The van der Waals surface area contributed by atoms with Crippen LogP contribution >= 0.6 is 0 Å². The fourth-order valence-corrected chi connectivity index (χ4v) is 1.97. The van der Waals surface area contributed by atoms with Crippen molar-refractivity contribution in [1.82, 2.24) is 0 Å². The molecule has 0 heterocycles. The van der Waals surface area contributed by atoms with E-state index in [2.05, 4.69) is 0 Å². The van der Waals surface area contributed by atoms with Crippen LogP contribution in [0.3, 0.4) is 0 Å². The summed E-state index contributed by atoms with van der Waals surface area (Å²) < 4.78 is 5.14. The van der Waals surface area contributed by atoms with Gasteiger partial charge in [-0.05, 0) is 32.0 Å². The van der Waals surface area contributed by atoms with Crippen molar-refractivity contribution in [3.63, 3.8) is 0 Å². The van der Waals surface area contributed by atoms with Gasteiger partial charge in [-0.25, -0.2) is 9.59 Å². The van der Waals surface area contributed by atoms with E-state index in [1.807, 2.05) is 0 Å². The van der Waals surface area contributed by atoms with E-state index in [1.165, 1.54) is 44.1 Å². The number of aldehydes is 1. The van der Waals surface area contributed by atoms with Crippen molar-refractivity contribution < 1.29 is 29.3 Å². The molecule has 1 aromatic rings. The van der Waals surface area contributed by atoms with Gasteiger partial charge in [-0.1, -0.05) is 0 Å². The number of anilines is 1. The van der Waals surface area contributed by atoms with Crippen LogP contribution in [0.4, 0.5) is 5.69 Å². The van der Waals surface area contributed by atoms with E-state index < -0.39 is 24.0 Å². The lowest BCUT2D eigenvalue weighted by Gasteiger charge is -2.33. The number of hydrogen-bond acceptors (Lipinski definition) is 5. The van der Waals surface area contributed by atoms with Gasteiger partial charge in [0.2, 0.25) is 0 Å². The highest BCUT2D eigenvalue weighted by atomic mass is 16.5. The van der Waals surface area contributed by atoms with E-state index in [0.717, 1.165) is 0 Å². The topological polar surface area (TPSA) is 104 Å². The maximum Gasteiger partial charge on any atom is 0.326 e. The first-order chi connectivity index (χ1) is 9.83. The highest BCUT2D eigenvalue weighted by Gasteiger charge is 2.31. The SMILES string of the molecule is COc1cc(C=O)ccc1N(C(C)C(=O)O)C(C)C(=O)O. The Bertz CT molecular complexity index is 536. The summed E-state index contributed by atoms with van der Waals surface area (Å²) in [6, 6.07) is 2.22. The van der Waals surface area contributed by atoms with E-state index in [4.69, 9.17) is 4.74 Å². The molecule has 0 spiro atoms. The number of hydrogen-bond donors (Lipinski definition) is 2. The highest BCUT2D eigenvalue weighted by molar-refractivity contribution is 5.86. The first kappa shape index (κ1) is 16.5. The maximum absolute atomic E-state index is 11.2. The second-order valence-electron chi connectivity index (χ2n) is 4.48. The van der Waals surface area contributed by atoms with Crippen LogP contribution in [-0.2, 0) is 9.59 Å². The van der Waals surface area contributed by atoms with Crippen LogP contribution in [0, 0.1) is 0 Å². The minimum atomic E-state index is -1.16. The summed E-state index contributed by atoms with van der Waals surface area (Å²) in [6.07, 6.45) is 0.623. The molecular weight excluding hydrogens is 278 g/mol. The van der Waals surface area contributed by atoms with Gasteiger partial charge in [-0.2, -0.15) is 0 Å². The number of carboxylic acid groups (broad SMARTS) is 2. The van der Waals surface area contributed by atoms with E-state index in [1.54, 1.807) is 0 Å². The normalized spacial score (nSPS) is 13.1. The summed E-state index contributed by atoms with van der Waals surface area (Å²) in [7, 11) is 1.36. The van der Waals surface area contributed by atoms with Gasteiger partial charge < -0.3 is 19.8 Å². The third-order valence-electron chi connectivity index (χ3n) is 3.17. The zero-order valence-electron chi connectivity index (χ0n) is 11.9. The Morgan fingerprint density at radius 2 is 1.71 bits per heavy atom. The molecule has 7 nitrogen and oxygen atoms in total. The van der Waals surface area contributed by atoms with Crippen LogP contribution in [0.1, 0.15) is 24.2 Å². The average Bonchev–Trinajstić information content (AvgIpc) is 2.47. The largest absolute Gasteiger partial charge is 0.495 e. The highest BCUT2D eigenvalue weighted by Crippen LogP contribution is 2.32. The third kappa shape index (κ3) is 3.50. The summed E-state index contributed by atoms with van der Waals surface area (Å²) in [5.74, 6) is -2.09. The average molecular weight is 295 g/mol. The molecule has 0 aliphatic heterocycles. The number of methoxy groups -OCH3 is 1. The number of ether oxygens (including phenoxy) is 1. The minimum Gasteiger partial charge on any atom is -0.495 e. The first-order valence-corrected chi connectivity index (χ1v) is 6.20. The molecule has 0 fully saturated rings. The molecule has 114 valence electrons. The molecule has 7 heteroatoms. The van der Waals surface area contributed by atoms with E-state index in [9.17, 15) is 24.6 Å². The van der Waals surface area contributed by atoms with Crippen LogP contribution < -0.4 is 9.64 Å². The van der Waals surface area contributed by atoms with Gasteiger partial charge >= 0.3 is 11.9 Å². The van der Waals surface area contributed by atoms with Crippen molar-refractivity contribution in [1.29, 1.82) is 0 Å². The molecule has 0 radical (unpaired) electrons.